The maximum Gasteiger partial charge on any atom is 0.161 e. The first-order valence-corrected chi connectivity index (χ1v) is 8.51. The van der Waals surface area contributed by atoms with Crippen molar-refractivity contribution in [1.29, 1.82) is 0 Å². The fourth-order valence-electron chi connectivity index (χ4n) is 2.95. The van der Waals surface area contributed by atoms with Crippen molar-refractivity contribution in [2.24, 2.45) is 4.99 Å². The Labute approximate surface area is 149 Å². The molecule has 3 rings (SSSR count). The Morgan fingerprint density at radius 1 is 1.12 bits per heavy atom. The summed E-state index contributed by atoms with van der Waals surface area (Å²) in [5.41, 5.74) is 2.41. The van der Waals surface area contributed by atoms with E-state index in [1.165, 1.54) is 5.56 Å². The first-order valence-electron chi connectivity index (χ1n) is 8.51. The second-order valence-electron chi connectivity index (χ2n) is 6.13. The number of aliphatic imine (C=N–C) groups is 1. The molecule has 1 heterocycles. The van der Waals surface area contributed by atoms with Crippen LogP contribution in [-0.4, -0.2) is 32.6 Å². The molecule has 2 aromatic carbocycles. The van der Waals surface area contributed by atoms with Gasteiger partial charge in [0.25, 0.3) is 0 Å². The van der Waals surface area contributed by atoms with Crippen LogP contribution in [0.3, 0.4) is 0 Å². The summed E-state index contributed by atoms with van der Waals surface area (Å²) in [6, 6.07) is 16.8. The van der Waals surface area contributed by atoms with Gasteiger partial charge in [0.15, 0.2) is 11.5 Å². The van der Waals surface area contributed by atoms with Gasteiger partial charge in [-0.25, -0.2) is 0 Å². The van der Waals surface area contributed by atoms with Crippen LogP contribution in [0, 0.1) is 0 Å². The molecule has 0 amide bonds. The Morgan fingerprint density at radius 2 is 1.88 bits per heavy atom. The van der Waals surface area contributed by atoms with Crippen LogP contribution < -0.4 is 20.1 Å². The van der Waals surface area contributed by atoms with Crippen LogP contribution in [0.1, 0.15) is 24.1 Å². The third-order valence-corrected chi connectivity index (χ3v) is 4.44. The topological polar surface area (TPSA) is 54.9 Å². The Bertz CT molecular complexity index is 731. The summed E-state index contributed by atoms with van der Waals surface area (Å²) in [6.45, 7) is 3.64. The first-order chi connectivity index (χ1) is 12.2. The SMILES string of the molecule is COc1ccc(CN[C@@H](C)C2=NCC(c3ccccc3)N2)cc1OC. The van der Waals surface area contributed by atoms with Gasteiger partial charge in [-0.15, -0.1) is 0 Å². The normalized spacial score (nSPS) is 17.6. The number of amidine groups is 1. The lowest BCUT2D eigenvalue weighted by Crippen LogP contribution is -2.40. The van der Waals surface area contributed by atoms with Crippen LogP contribution in [0.15, 0.2) is 53.5 Å². The predicted octanol–water partition coefficient (Wildman–Crippen LogP) is 2.92. The van der Waals surface area contributed by atoms with Gasteiger partial charge in [0.05, 0.1) is 32.8 Å². The lowest BCUT2D eigenvalue weighted by Gasteiger charge is -2.18. The van der Waals surface area contributed by atoms with Gasteiger partial charge in [-0.05, 0) is 30.2 Å². The minimum Gasteiger partial charge on any atom is -0.493 e. The summed E-state index contributed by atoms with van der Waals surface area (Å²) in [7, 11) is 3.30. The Hall–Kier alpha value is -2.53. The predicted molar refractivity (Wildman–Crippen MR) is 100 cm³/mol. The number of benzene rings is 2. The summed E-state index contributed by atoms with van der Waals surface area (Å²) in [6.07, 6.45) is 0. The van der Waals surface area contributed by atoms with Crippen molar-refractivity contribution in [2.75, 3.05) is 20.8 Å². The first kappa shape index (κ1) is 17.3. The van der Waals surface area contributed by atoms with Crippen LogP contribution in [0.5, 0.6) is 11.5 Å². The van der Waals surface area contributed by atoms with Gasteiger partial charge in [0.2, 0.25) is 0 Å². The molecule has 0 bridgehead atoms. The maximum absolute atomic E-state index is 5.36. The molecule has 132 valence electrons. The number of ether oxygens (including phenoxy) is 2. The Balaban J connectivity index is 1.56. The Kier molecular flexibility index (Phi) is 5.56. The van der Waals surface area contributed by atoms with E-state index in [4.69, 9.17) is 9.47 Å². The fourth-order valence-corrected chi connectivity index (χ4v) is 2.95. The molecule has 2 aromatic rings. The summed E-state index contributed by atoms with van der Waals surface area (Å²) < 4.78 is 10.6. The molecule has 0 fully saturated rings. The second-order valence-corrected chi connectivity index (χ2v) is 6.13. The van der Waals surface area contributed by atoms with E-state index in [-0.39, 0.29) is 12.1 Å². The van der Waals surface area contributed by atoms with E-state index in [9.17, 15) is 0 Å². The lowest BCUT2D eigenvalue weighted by atomic mass is 10.1. The van der Waals surface area contributed by atoms with Gasteiger partial charge in [-0.2, -0.15) is 0 Å². The minimum absolute atomic E-state index is 0.154. The summed E-state index contributed by atoms with van der Waals surface area (Å²) in [5.74, 6) is 2.50. The van der Waals surface area contributed by atoms with E-state index in [0.717, 1.165) is 36.0 Å². The van der Waals surface area contributed by atoms with Gasteiger partial charge < -0.3 is 20.1 Å². The third kappa shape index (κ3) is 4.12. The molecule has 1 aliphatic rings. The highest BCUT2D eigenvalue weighted by molar-refractivity contribution is 5.89. The molecule has 1 unspecified atom stereocenters. The molecule has 0 saturated heterocycles. The van der Waals surface area contributed by atoms with Crippen molar-refractivity contribution in [2.45, 2.75) is 25.6 Å². The van der Waals surface area contributed by atoms with Crippen molar-refractivity contribution in [3.8, 4) is 11.5 Å². The van der Waals surface area contributed by atoms with Crippen molar-refractivity contribution >= 4 is 5.84 Å². The van der Waals surface area contributed by atoms with Crippen LogP contribution in [-0.2, 0) is 6.54 Å². The van der Waals surface area contributed by atoms with E-state index >= 15 is 0 Å². The molecule has 2 N–H and O–H groups in total. The average Bonchev–Trinajstić information content (AvgIpc) is 3.17. The minimum atomic E-state index is 0.154. The van der Waals surface area contributed by atoms with E-state index in [1.54, 1.807) is 14.2 Å². The van der Waals surface area contributed by atoms with E-state index in [2.05, 4.69) is 46.8 Å². The zero-order valence-electron chi connectivity index (χ0n) is 15.0. The van der Waals surface area contributed by atoms with Gasteiger partial charge >= 0.3 is 0 Å². The van der Waals surface area contributed by atoms with E-state index in [0.29, 0.717) is 0 Å². The highest BCUT2D eigenvalue weighted by Gasteiger charge is 2.22. The van der Waals surface area contributed by atoms with Gasteiger partial charge in [0, 0.05) is 6.54 Å². The molecule has 0 saturated carbocycles. The van der Waals surface area contributed by atoms with Crippen molar-refractivity contribution in [1.82, 2.24) is 10.6 Å². The molecule has 0 spiro atoms. The van der Waals surface area contributed by atoms with Crippen LogP contribution in [0.2, 0.25) is 0 Å². The summed E-state index contributed by atoms with van der Waals surface area (Å²) in [5, 5.41) is 7.04. The average molecular weight is 339 g/mol. The third-order valence-electron chi connectivity index (χ3n) is 4.44. The van der Waals surface area contributed by atoms with Crippen LogP contribution in [0.25, 0.3) is 0 Å². The van der Waals surface area contributed by atoms with E-state index < -0.39 is 0 Å². The van der Waals surface area contributed by atoms with Crippen LogP contribution >= 0.6 is 0 Å². The number of hydrogen-bond donors (Lipinski definition) is 2. The number of methoxy groups -OCH3 is 2. The molecule has 5 nitrogen and oxygen atoms in total. The number of hydrogen-bond acceptors (Lipinski definition) is 5. The number of rotatable bonds is 7. The quantitative estimate of drug-likeness (QED) is 0.814. The standard InChI is InChI=1S/C20H25N3O2/c1-14(20-22-13-17(23-20)16-7-5-4-6-8-16)21-12-15-9-10-18(24-2)19(11-15)25-3/h4-11,14,17,21H,12-13H2,1-3H3,(H,22,23)/t14-,17?/m0/s1. The molecule has 1 aliphatic heterocycles. The highest BCUT2D eigenvalue weighted by Crippen LogP contribution is 2.27. The maximum atomic E-state index is 5.36. The number of nitrogens with one attached hydrogen (secondary N) is 2. The van der Waals surface area contributed by atoms with Gasteiger partial charge in [-0.3, -0.25) is 4.99 Å². The molecular formula is C20H25N3O2. The Morgan fingerprint density at radius 3 is 2.60 bits per heavy atom. The highest BCUT2D eigenvalue weighted by atomic mass is 16.5. The zero-order chi connectivity index (χ0) is 17.6. The molecular weight excluding hydrogens is 314 g/mol. The summed E-state index contributed by atoms with van der Waals surface area (Å²) >= 11 is 0. The largest absolute Gasteiger partial charge is 0.493 e. The molecule has 25 heavy (non-hydrogen) atoms. The van der Waals surface area contributed by atoms with Gasteiger partial charge in [0.1, 0.15) is 5.84 Å². The zero-order valence-corrected chi connectivity index (χ0v) is 15.0. The molecule has 0 aromatic heterocycles. The smallest absolute Gasteiger partial charge is 0.161 e. The molecule has 0 radical (unpaired) electrons. The van der Waals surface area contributed by atoms with Crippen molar-refractivity contribution in [3.05, 3.63) is 59.7 Å². The van der Waals surface area contributed by atoms with Crippen molar-refractivity contribution < 1.29 is 9.47 Å². The second kappa shape index (κ2) is 8.03. The summed E-state index contributed by atoms with van der Waals surface area (Å²) in [4.78, 5) is 4.67. The lowest BCUT2D eigenvalue weighted by molar-refractivity contribution is 0.354. The monoisotopic (exact) mass is 339 g/mol. The van der Waals surface area contributed by atoms with E-state index in [1.807, 2.05) is 24.3 Å². The molecule has 2 atom stereocenters. The number of nitrogens with zero attached hydrogens (tertiary/aromatic N) is 1. The molecule has 0 aliphatic carbocycles. The molecule has 5 heteroatoms. The van der Waals surface area contributed by atoms with Gasteiger partial charge in [-0.1, -0.05) is 36.4 Å². The fraction of sp³-hybridized carbons (Fsp3) is 0.350. The van der Waals surface area contributed by atoms with Crippen LogP contribution in [0.4, 0.5) is 0 Å². The van der Waals surface area contributed by atoms with Crippen molar-refractivity contribution in [3.63, 3.8) is 0 Å².